The van der Waals surface area contributed by atoms with Gasteiger partial charge in [0.25, 0.3) is 0 Å². The zero-order valence-corrected chi connectivity index (χ0v) is 8.44. The number of carboxylic acid groups (broad SMARTS) is 1. The van der Waals surface area contributed by atoms with Crippen LogP contribution in [0.4, 0.5) is 5.82 Å². The molecule has 2 rings (SSSR count). The molecule has 1 aliphatic heterocycles. The second-order valence-corrected chi connectivity index (χ2v) is 4.20. The molecule has 2 N–H and O–H groups in total. The number of carboxylic acids is 1. The third-order valence-electron chi connectivity index (χ3n) is 2.30. The minimum absolute atomic E-state index is 0.0279. The summed E-state index contributed by atoms with van der Waals surface area (Å²) in [4.78, 5) is 25.8. The first-order valence-corrected chi connectivity index (χ1v) is 4.52. The molecular formula is C9H11N3O3. The standard InChI is InChI=1S/C9H11N3O3/c1-9(2)4-12-6(11-9)5(7(13)14)3-10-8(12)15/h3,11H,4H2,1-2H3,(H,13,14). The summed E-state index contributed by atoms with van der Waals surface area (Å²) in [5, 5.41) is 11.9. The van der Waals surface area contributed by atoms with E-state index in [0.717, 1.165) is 6.20 Å². The average Bonchev–Trinajstić information content (AvgIpc) is 2.41. The number of nitrogens with one attached hydrogen (secondary N) is 1. The number of carbonyl (C=O) groups is 1. The van der Waals surface area contributed by atoms with Gasteiger partial charge in [-0.2, -0.15) is 0 Å². The fourth-order valence-electron chi connectivity index (χ4n) is 1.68. The molecule has 0 saturated carbocycles. The third-order valence-corrected chi connectivity index (χ3v) is 2.30. The number of nitrogens with zero attached hydrogens (tertiary/aromatic N) is 2. The highest BCUT2D eigenvalue weighted by atomic mass is 16.4. The van der Waals surface area contributed by atoms with Crippen LogP contribution in [0.1, 0.15) is 24.2 Å². The predicted molar refractivity (Wildman–Crippen MR) is 53.2 cm³/mol. The van der Waals surface area contributed by atoms with E-state index in [1.54, 1.807) is 0 Å². The van der Waals surface area contributed by atoms with E-state index in [2.05, 4.69) is 10.3 Å². The largest absolute Gasteiger partial charge is 0.478 e. The highest BCUT2D eigenvalue weighted by Crippen LogP contribution is 2.26. The van der Waals surface area contributed by atoms with Gasteiger partial charge >= 0.3 is 11.7 Å². The fraction of sp³-hybridized carbons (Fsp3) is 0.444. The summed E-state index contributed by atoms with van der Waals surface area (Å²) in [5.74, 6) is -0.746. The molecule has 0 radical (unpaired) electrons. The number of hydrogen-bond acceptors (Lipinski definition) is 4. The Hall–Kier alpha value is -1.85. The molecule has 2 heterocycles. The Morgan fingerprint density at radius 3 is 2.93 bits per heavy atom. The number of hydrogen-bond donors (Lipinski definition) is 2. The van der Waals surface area contributed by atoms with Crippen LogP contribution in [-0.2, 0) is 6.54 Å². The summed E-state index contributed by atoms with van der Waals surface area (Å²) in [6, 6.07) is 0. The van der Waals surface area contributed by atoms with Gasteiger partial charge in [0.2, 0.25) is 0 Å². The lowest BCUT2D eigenvalue weighted by Crippen LogP contribution is -2.29. The Morgan fingerprint density at radius 1 is 1.67 bits per heavy atom. The molecule has 6 nitrogen and oxygen atoms in total. The number of aromatic nitrogens is 2. The Labute approximate surface area is 85.6 Å². The van der Waals surface area contributed by atoms with E-state index in [1.807, 2.05) is 13.8 Å². The van der Waals surface area contributed by atoms with Crippen molar-refractivity contribution in [3.05, 3.63) is 22.2 Å². The van der Waals surface area contributed by atoms with Gasteiger partial charge in [0.15, 0.2) is 0 Å². The molecule has 15 heavy (non-hydrogen) atoms. The quantitative estimate of drug-likeness (QED) is 0.687. The third kappa shape index (κ3) is 1.47. The zero-order chi connectivity index (χ0) is 11.2. The minimum atomic E-state index is -1.09. The van der Waals surface area contributed by atoms with E-state index >= 15 is 0 Å². The van der Waals surface area contributed by atoms with Crippen molar-refractivity contribution in [2.24, 2.45) is 0 Å². The van der Waals surface area contributed by atoms with Gasteiger partial charge < -0.3 is 10.4 Å². The van der Waals surface area contributed by atoms with Crippen molar-refractivity contribution < 1.29 is 9.90 Å². The molecule has 80 valence electrons. The summed E-state index contributed by atoms with van der Waals surface area (Å²) in [6.45, 7) is 4.21. The fourth-order valence-corrected chi connectivity index (χ4v) is 1.68. The van der Waals surface area contributed by atoms with E-state index in [1.165, 1.54) is 4.57 Å². The van der Waals surface area contributed by atoms with Crippen LogP contribution in [0.15, 0.2) is 11.0 Å². The molecule has 1 aromatic heterocycles. The van der Waals surface area contributed by atoms with Gasteiger partial charge in [0, 0.05) is 0 Å². The van der Waals surface area contributed by atoms with Crippen LogP contribution >= 0.6 is 0 Å². The van der Waals surface area contributed by atoms with Gasteiger partial charge in [0.1, 0.15) is 11.4 Å². The molecule has 0 atom stereocenters. The molecule has 6 heteroatoms. The van der Waals surface area contributed by atoms with Gasteiger partial charge in [-0.15, -0.1) is 0 Å². The molecular weight excluding hydrogens is 198 g/mol. The summed E-state index contributed by atoms with van der Waals surface area (Å²) in [7, 11) is 0. The molecule has 0 unspecified atom stereocenters. The van der Waals surface area contributed by atoms with Gasteiger partial charge in [0.05, 0.1) is 18.3 Å². The van der Waals surface area contributed by atoms with Crippen molar-refractivity contribution in [2.45, 2.75) is 25.9 Å². The van der Waals surface area contributed by atoms with E-state index in [-0.39, 0.29) is 11.1 Å². The van der Waals surface area contributed by atoms with Crippen molar-refractivity contribution in [1.82, 2.24) is 9.55 Å². The first-order valence-electron chi connectivity index (χ1n) is 4.52. The van der Waals surface area contributed by atoms with Gasteiger partial charge in [-0.25, -0.2) is 14.6 Å². The second-order valence-electron chi connectivity index (χ2n) is 4.20. The molecule has 0 aromatic carbocycles. The first kappa shape index (κ1) is 9.70. The van der Waals surface area contributed by atoms with Gasteiger partial charge in [-0.1, -0.05) is 0 Å². The van der Waals surface area contributed by atoms with Gasteiger partial charge in [-0.3, -0.25) is 4.57 Å². The molecule has 0 aliphatic carbocycles. The average molecular weight is 209 g/mol. The van der Waals surface area contributed by atoms with Crippen molar-refractivity contribution in [3.63, 3.8) is 0 Å². The molecule has 0 fully saturated rings. The van der Waals surface area contributed by atoms with Crippen LogP contribution in [0.25, 0.3) is 0 Å². The maximum absolute atomic E-state index is 11.4. The summed E-state index contributed by atoms with van der Waals surface area (Å²) in [5.41, 5.74) is -0.715. The van der Waals surface area contributed by atoms with Crippen molar-refractivity contribution in [1.29, 1.82) is 0 Å². The van der Waals surface area contributed by atoms with Gasteiger partial charge in [-0.05, 0) is 13.8 Å². The molecule has 1 aliphatic rings. The van der Waals surface area contributed by atoms with Crippen LogP contribution in [0.3, 0.4) is 0 Å². The molecule has 0 saturated heterocycles. The SMILES string of the molecule is CC1(C)Cn2c(c(C(=O)O)cnc2=O)N1. The lowest BCUT2D eigenvalue weighted by molar-refractivity contribution is 0.0697. The summed E-state index contributed by atoms with van der Waals surface area (Å²) < 4.78 is 1.35. The molecule has 1 aromatic rings. The molecule has 0 bridgehead atoms. The van der Waals surface area contributed by atoms with E-state index < -0.39 is 11.7 Å². The Balaban J connectivity index is 2.65. The Kier molecular flexibility index (Phi) is 1.82. The van der Waals surface area contributed by atoms with E-state index in [0.29, 0.717) is 12.4 Å². The second kappa shape index (κ2) is 2.82. The van der Waals surface area contributed by atoms with Crippen LogP contribution in [0.5, 0.6) is 0 Å². The van der Waals surface area contributed by atoms with Crippen LogP contribution in [0, 0.1) is 0 Å². The first-order chi connectivity index (χ1) is 6.91. The van der Waals surface area contributed by atoms with Crippen LogP contribution < -0.4 is 11.0 Å². The van der Waals surface area contributed by atoms with Crippen LogP contribution in [0.2, 0.25) is 0 Å². The summed E-state index contributed by atoms with van der Waals surface area (Å²) in [6.07, 6.45) is 1.09. The lowest BCUT2D eigenvalue weighted by atomic mass is 10.1. The highest BCUT2D eigenvalue weighted by Gasteiger charge is 2.31. The van der Waals surface area contributed by atoms with Crippen molar-refractivity contribution in [3.8, 4) is 0 Å². The topological polar surface area (TPSA) is 84.2 Å². The van der Waals surface area contributed by atoms with E-state index in [4.69, 9.17) is 5.11 Å². The number of aromatic carboxylic acids is 1. The molecule has 0 spiro atoms. The zero-order valence-electron chi connectivity index (χ0n) is 8.44. The highest BCUT2D eigenvalue weighted by molar-refractivity contribution is 5.93. The predicted octanol–water partition coefficient (Wildman–Crippen LogP) is 0.146. The maximum atomic E-state index is 11.4. The Bertz CT molecular complexity index is 490. The number of fused-ring (bicyclic) bond motifs is 1. The monoisotopic (exact) mass is 209 g/mol. The van der Waals surface area contributed by atoms with E-state index in [9.17, 15) is 9.59 Å². The summed E-state index contributed by atoms with van der Waals surface area (Å²) >= 11 is 0. The number of rotatable bonds is 1. The Morgan fingerprint density at radius 2 is 2.33 bits per heavy atom. The molecule has 0 amide bonds. The minimum Gasteiger partial charge on any atom is -0.478 e. The normalized spacial score (nSPS) is 16.9. The van der Waals surface area contributed by atoms with Crippen LogP contribution in [-0.4, -0.2) is 26.2 Å². The maximum Gasteiger partial charge on any atom is 0.349 e. The number of anilines is 1. The van der Waals surface area contributed by atoms with Crippen molar-refractivity contribution >= 4 is 11.8 Å². The lowest BCUT2D eigenvalue weighted by Gasteiger charge is -2.16. The smallest absolute Gasteiger partial charge is 0.349 e. The van der Waals surface area contributed by atoms with Crippen molar-refractivity contribution in [2.75, 3.05) is 5.32 Å².